The lowest BCUT2D eigenvalue weighted by Crippen LogP contribution is -2.53. The van der Waals surface area contributed by atoms with E-state index in [1.807, 2.05) is 30.3 Å². The monoisotopic (exact) mass is 572 g/mol. The minimum absolute atomic E-state index is 0.105. The van der Waals surface area contributed by atoms with Crippen molar-refractivity contribution in [3.05, 3.63) is 99.0 Å². The molecule has 0 heterocycles. The molecule has 0 radical (unpaired) electrons. The molecule has 5 nitrogen and oxygen atoms in total. The summed E-state index contributed by atoms with van der Waals surface area (Å²) in [5, 5.41) is 4.65. The summed E-state index contributed by atoms with van der Waals surface area (Å²) in [6.07, 6.45) is 5.60. The van der Waals surface area contributed by atoms with Gasteiger partial charge in [-0.2, -0.15) is 0 Å². The van der Waals surface area contributed by atoms with Crippen molar-refractivity contribution in [2.24, 2.45) is 0 Å². The molecule has 4 rings (SSSR count). The van der Waals surface area contributed by atoms with Gasteiger partial charge in [-0.15, -0.1) is 0 Å². The number of carbonyl (C=O) groups is 2. The van der Waals surface area contributed by atoms with Crippen LogP contribution in [-0.4, -0.2) is 35.4 Å². The molecule has 38 heavy (non-hydrogen) atoms. The van der Waals surface area contributed by atoms with Gasteiger partial charge in [-0.25, -0.2) is 0 Å². The topological polar surface area (TPSA) is 58.6 Å². The summed E-state index contributed by atoms with van der Waals surface area (Å²) in [6.45, 7) is -0.128. The van der Waals surface area contributed by atoms with Gasteiger partial charge in [-0.1, -0.05) is 96.5 Å². The summed E-state index contributed by atoms with van der Waals surface area (Å²) in [4.78, 5) is 29.1. The number of nitrogens with one attached hydrogen (secondary N) is 1. The summed E-state index contributed by atoms with van der Waals surface area (Å²) in [7, 11) is 0. The molecule has 1 fully saturated rings. The summed E-state index contributed by atoms with van der Waals surface area (Å²) in [6, 6.07) is 21.0. The van der Waals surface area contributed by atoms with E-state index >= 15 is 0 Å². The first-order valence-electron chi connectivity index (χ1n) is 12.8. The van der Waals surface area contributed by atoms with Crippen LogP contribution in [0.3, 0.4) is 0 Å². The fraction of sp³-hybridized carbons (Fsp3) is 0.333. The van der Waals surface area contributed by atoms with Gasteiger partial charge in [0.05, 0.1) is 0 Å². The molecule has 1 N–H and O–H groups in total. The summed E-state index contributed by atoms with van der Waals surface area (Å²) >= 11 is 18.7. The lowest BCUT2D eigenvalue weighted by Gasteiger charge is -2.33. The molecule has 0 spiro atoms. The van der Waals surface area contributed by atoms with Crippen molar-refractivity contribution in [2.45, 2.75) is 57.2 Å². The molecular formula is C30H31Cl3N2O3. The second kappa shape index (κ2) is 13.9. The maximum absolute atomic E-state index is 13.8. The van der Waals surface area contributed by atoms with Crippen LogP contribution in [0, 0.1) is 0 Å². The minimum atomic E-state index is -0.762. The van der Waals surface area contributed by atoms with Gasteiger partial charge in [0.2, 0.25) is 5.91 Å². The van der Waals surface area contributed by atoms with Crippen LogP contribution in [0.1, 0.15) is 43.2 Å². The van der Waals surface area contributed by atoms with Crippen molar-refractivity contribution in [3.63, 3.8) is 0 Å². The lowest BCUT2D eigenvalue weighted by molar-refractivity contribution is -0.143. The second-order valence-corrected chi connectivity index (χ2v) is 10.8. The Bertz CT molecular complexity index is 1230. The summed E-state index contributed by atoms with van der Waals surface area (Å²) in [5.41, 5.74) is 1.64. The van der Waals surface area contributed by atoms with E-state index in [-0.39, 0.29) is 31.0 Å². The van der Waals surface area contributed by atoms with Gasteiger partial charge >= 0.3 is 0 Å². The SMILES string of the molecule is O=C(NC1CCCCC1)[C@@H](Cc1ccccc1)N(Cc1ccc(Cl)cc1Cl)C(=O)COc1cccc(Cl)c1. The molecule has 0 bridgehead atoms. The number of hydrogen-bond donors (Lipinski definition) is 1. The molecule has 0 saturated heterocycles. The fourth-order valence-corrected chi connectivity index (χ4v) is 5.36. The van der Waals surface area contributed by atoms with Crippen molar-refractivity contribution in [1.82, 2.24) is 10.2 Å². The van der Waals surface area contributed by atoms with Crippen molar-refractivity contribution in [3.8, 4) is 5.75 Å². The average molecular weight is 574 g/mol. The van der Waals surface area contributed by atoms with Crippen molar-refractivity contribution < 1.29 is 14.3 Å². The van der Waals surface area contributed by atoms with Gasteiger partial charge in [0.1, 0.15) is 11.8 Å². The first kappa shape index (κ1) is 28.3. The van der Waals surface area contributed by atoms with E-state index in [2.05, 4.69) is 5.32 Å². The fourth-order valence-electron chi connectivity index (χ4n) is 4.72. The number of nitrogens with zero attached hydrogens (tertiary/aromatic N) is 1. The Morgan fingerprint density at radius 2 is 1.63 bits per heavy atom. The molecular weight excluding hydrogens is 543 g/mol. The molecule has 2 amide bonds. The molecule has 3 aromatic rings. The van der Waals surface area contributed by atoms with Crippen LogP contribution in [0.5, 0.6) is 5.75 Å². The molecule has 0 aromatic heterocycles. The van der Waals surface area contributed by atoms with Crippen LogP contribution in [-0.2, 0) is 22.6 Å². The average Bonchev–Trinajstić information content (AvgIpc) is 2.91. The number of benzene rings is 3. The van der Waals surface area contributed by atoms with Gasteiger partial charge in [-0.3, -0.25) is 9.59 Å². The highest BCUT2D eigenvalue weighted by Gasteiger charge is 2.32. The highest BCUT2D eigenvalue weighted by Crippen LogP contribution is 2.25. The maximum Gasteiger partial charge on any atom is 0.261 e. The standard InChI is InChI=1S/C30H31Cl3N2O3/c31-23-10-7-13-26(17-23)38-20-29(36)35(19-22-14-15-24(32)18-27(22)33)28(16-21-8-3-1-4-9-21)30(37)34-25-11-5-2-6-12-25/h1,3-4,7-10,13-15,17-18,25,28H,2,5-6,11-12,16,19-20H2,(H,34,37)/t28-/m1/s1. The molecule has 0 aliphatic heterocycles. The van der Waals surface area contributed by atoms with Gasteiger partial charge in [0.15, 0.2) is 6.61 Å². The van der Waals surface area contributed by atoms with Gasteiger partial charge in [0.25, 0.3) is 5.91 Å². The van der Waals surface area contributed by atoms with Crippen molar-refractivity contribution in [1.29, 1.82) is 0 Å². The summed E-state index contributed by atoms with van der Waals surface area (Å²) < 4.78 is 5.79. The van der Waals surface area contributed by atoms with E-state index in [0.29, 0.717) is 32.8 Å². The normalized spacial score (nSPS) is 14.5. The Kier molecular flexibility index (Phi) is 10.3. The van der Waals surface area contributed by atoms with Crippen LogP contribution in [0.2, 0.25) is 15.1 Å². The smallest absolute Gasteiger partial charge is 0.261 e. The van der Waals surface area contributed by atoms with E-state index in [1.54, 1.807) is 47.4 Å². The van der Waals surface area contributed by atoms with Crippen LogP contribution in [0.15, 0.2) is 72.8 Å². The van der Waals surface area contributed by atoms with Crippen LogP contribution in [0.4, 0.5) is 0 Å². The zero-order valence-electron chi connectivity index (χ0n) is 21.0. The molecule has 200 valence electrons. The number of amides is 2. The zero-order chi connectivity index (χ0) is 26.9. The summed E-state index contributed by atoms with van der Waals surface area (Å²) in [5.74, 6) is -0.0424. The zero-order valence-corrected chi connectivity index (χ0v) is 23.3. The molecule has 1 aliphatic rings. The van der Waals surface area contributed by atoms with E-state index in [0.717, 1.165) is 31.2 Å². The van der Waals surface area contributed by atoms with Crippen molar-refractivity contribution in [2.75, 3.05) is 6.61 Å². The molecule has 1 aliphatic carbocycles. The van der Waals surface area contributed by atoms with Gasteiger partial charge in [0, 0.05) is 34.1 Å². The third-order valence-corrected chi connectivity index (χ3v) is 7.56. The first-order valence-corrected chi connectivity index (χ1v) is 14.0. The second-order valence-electron chi connectivity index (χ2n) is 9.55. The Morgan fingerprint density at radius 1 is 0.895 bits per heavy atom. The Morgan fingerprint density at radius 3 is 2.34 bits per heavy atom. The Labute approximate surface area is 239 Å². The highest BCUT2D eigenvalue weighted by molar-refractivity contribution is 6.35. The predicted molar refractivity (Wildman–Crippen MR) is 153 cm³/mol. The van der Waals surface area contributed by atoms with Crippen LogP contribution in [0.25, 0.3) is 0 Å². The van der Waals surface area contributed by atoms with Crippen molar-refractivity contribution >= 4 is 46.6 Å². The number of carbonyl (C=O) groups excluding carboxylic acids is 2. The molecule has 0 unspecified atom stereocenters. The molecule has 3 aromatic carbocycles. The third kappa shape index (κ3) is 8.13. The molecule has 8 heteroatoms. The minimum Gasteiger partial charge on any atom is -0.484 e. The number of hydrogen-bond acceptors (Lipinski definition) is 3. The Balaban J connectivity index is 1.63. The number of halogens is 3. The lowest BCUT2D eigenvalue weighted by atomic mass is 9.94. The number of ether oxygens (including phenoxy) is 1. The highest BCUT2D eigenvalue weighted by atomic mass is 35.5. The number of rotatable bonds is 10. The molecule has 1 saturated carbocycles. The quantitative estimate of drug-likeness (QED) is 0.281. The first-order chi connectivity index (χ1) is 18.4. The largest absolute Gasteiger partial charge is 0.484 e. The van der Waals surface area contributed by atoms with E-state index in [9.17, 15) is 9.59 Å². The van der Waals surface area contributed by atoms with E-state index in [4.69, 9.17) is 39.5 Å². The van der Waals surface area contributed by atoms with E-state index in [1.165, 1.54) is 6.42 Å². The van der Waals surface area contributed by atoms with Crippen LogP contribution < -0.4 is 10.1 Å². The third-order valence-electron chi connectivity index (χ3n) is 6.74. The van der Waals surface area contributed by atoms with Gasteiger partial charge < -0.3 is 15.0 Å². The maximum atomic E-state index is 13.8. The van der Waals surface area contributed by atoms with E-state index < -0.39 is 6.04 Å². The molecule has 1 atom stereocenters. The van der Waals surface area contributed by atoms with Gasteiger partial charge in [-0.05, 0) is 54.3 Å². The Hall–Kier alpha value is -2.73. The van der Waals surface area contributed by atoms with Crippen LogP contribution >= 0.6 is 34.8 Å². The predicted octanol–water partition coefficient (Wildman–Crippen LogP) is 7.11.